The molecule has 1 amide bonds. The molecule has 1 aromatic carbocycles. The van der Waals surface area contributed by atoms with Crippen molar-refractivity contribution >= 4 is 17.7 Å². The van der Waals surface area contributed by atoms with Gasteiger partial charge in [-0.05, 0) is 31.4 Å². The fraction of sp³-hybridized carbons (Fsp3) is 0.500. The van der Waals surface area contributed by atoms with E-state index in [1.54, 1.807) is 11.8 Å². The van der Waals surface area contributed by atoms with Crippen LogP contribution in [0.5, 0.6) is 5.75 Å². The second kappa shape index (κ2) is 6.69. The second-order valence-corrected chi connectivity index (χ2v) is 5.61. The van der Waals surface area contributed by atoms with E-state index in [0.717, 1.165) is 29.9 Å². The molecule has 3 nitrogen and oxygen atoms in total. The average Bonchev–Trinajstić information content (AvgIpc) is 3.15. The number of thioether (sulfide) groups is 1. The van der Waals surface area contributed by atoms with E-state index in [1.165, 1.54) is 0 Å². The van der Waals surface area contributed by atoms with E-state index in [9.17, 15) is 4.79 Å². The molecule has 0 unspecified atom stereocenters. The summed E-state index contributed by atoms with van der Waals surface area (Å²) < 4.78 is 5.66. The Labute approximate surface area is 112 Å². The molecule has 18 heavy (non-hydrogen) atoms. The van der Waals surface area contributed by atoms with Gasteiger partial charge in [-0.15, -0.1) is 11.8 Å². The lowest BCUT2D eigenvalue weighted by Crippen LogP contribution is -2.27. The van der Waals surface area contributed by atoms with Crippen LogP contribution in [0.25, 0.3) is 0 Å². The number of nitrogens with one attached hydrogen (secondary N) is 1. The molecular weight excluding hydrogens is 246 g/mol. The van der Waals surface area contributed by atoms with Gasteiger partial charge in [-0.2, -0.15) is 0 Å². The standard InChI is InChI=1S/C14H19NO2S/c1-11-4-2-3-5-13(11)17-8-9-18-10-14(16)15-12-6-7-12/h2-5,12H,6-10H2,1H3,(H,15,16). The van der Waals surface area contributed by atoms with Crippen LogP contribution in [-0.2, 0) is 4.79 Å². The molecule has 0 spiro atoms. The summed E-state index contributed by atoms with van der Waals surface area (Å²) >= 11 is 1.62. The van der Waals surface area contributed by atoms with Crippen molar-refractivity contribution in [1.82, 2.24) is 5.32 Å². The predicted octanol–water partition coefficient (Wildman–Crippen LogP) is 2.39. The average molecular weight is 265 g/mol. The lowest BCUT2D eigenvalue weighted by Gasteiger charge is -2.08. The van der Waals surface area contributed by atoms with Crippen LogP contribution in [-0.4, -0.2) is 30.1 Å². The first-order valence-electron chi connectivity index (χ1n) is 6.31. The van der Waals surface area contributed by atoms with Gasteiger partial charge >= 0.3 is 0 Å². The van der Waals surface area contributed by atoms with E-state index < -0.39 is 0 Å². The summed E-state index contributed by atoms with van der Waals surface area (Å²) in [5.74, 6) is 2.46. The van der Waals surface area contributed by atoms with E-state index in [2.05, 4.69) is 5.32 Å². The molecule has 1 fully saturated rings. The molecule has 4 heteroatoms. The minimum Gasteiger partial charge on any atom is -0.492 e. The van der Waals surface area contributed by atoms with E-state index in [4.69, 9.17) is 4.74 Å². The number of hydrogen-bond donors (Lipinski definition) is 1. The minimum absolute atomic E-state index is 0.151. The van der Waals surface area contributed by atoms with Crippen LogP contribution in [0.4, 0.5) is 0 Å². The van der Waals surface area contributed by atoms with E-state index >= 15 is 0 Å². The molecule has 0 radical (unpaired) electrons. The summed E-state index contributed by atoms with van der Waals surface area (Å²) in [4.78, 5) is 11.4. The molecule has 1 aliphatic rings. The molecule has 98 valence electrons. The Kier molecular flexibility index (Phi) is 4.93. The van der Waals surface area contributed by atoms with Crippen molar-refractivity contribution in [2.45, 2.75) is 25.8 Å². The molecule has 2 rings (SSSR count). The van der Waals surface area contributed by atoms with Crippen molar-refractivity contribution in [1.29, 1.82) is 0 Å². The Morgan fingerprint density at radius 1 is 1.44 bits per heavy atom. The molecule has 1 aliphatic carbocycles. The zero-order valence-corrected chi connectivity index (χ0v) is 11.5. The molecule has 0 aliphatic heterocycles. The molecule has 1 N–H and O–H groups in total. The zero-order valence-electron chi connectivity index (χ0n) is 10.6. The van der Waals surface area contributed by atoms with Crippen molar-refractivity contribution in [2.24, 2.45) is 0 Å². The Bertz CT molecular complexity index is 405. The van der Waals surface area contributed by atoms with Crippen LogP contribution >= 0.6 is 11.8 Å². The van der Waals surface area contributed by atoms with Gasteiger partial charge in [-0.3, -0.25) is 4.79 Å². The topological polar surface area (TPSA) is 38.3 Å². The van der Waals surface area contributed by atoms with Crippen LogP contribution in [0.15, 0.2) is 24.3 Å². The number of hydrogen-bond acceptors (Lipinski definition) is 3. The molecule has 0 aromatic heterocycles. The smallest absolute Gasteiger partial charge is 0.230 e. The van der Waals surface area contributed by atoms with Crippen LogP contribution in [0.1, 0.15) is 18.4 Å². The Morgan fingerprint density at radius 2 is 2.22 bits per heavy atom. The number of amides is 1. The van der Waals surface area contributed by atoms with E-state index in [-0.39, 0.29) is 5.91 Å². The largest absolute Gasteiger partial charge is 0.492 e. The third-order valence-electron chi connectivity index (χ3n) is 2.75. The second-order valence-electron chi connectivity index (χ2n) is 4.51. The zero-order chi connectivity index (χ0) is 12.8. The van der Waals surface area contributed by atoms with Gasteiger partial charge in [0.2, 0.25) is 5.91 Å². The number of rotatable bonds is 7. The Hall–Kier alpha value is -1.16. The van der Waals surface area contributed by atoms with E-state index in [1.807, 2.05) is 31.2 Å². The number of aryl methyl sites for hydroxylation is 1. The van der Waals surface area contributed by atoms with Gasteiger partial charge in [0.1, 0.15) is 5.75 Å². The van der Waals surface area contributed by atoms with E-state index in [0.29, 0.717) is 18.4 Å². The van der Waals surface area contributed by atoms with Crippen molar-refractivity contribution in [3.63, 3.8) is 0 Å². The van der Waals surface area contributed by atoms with Gasteiger partial charge in [0.25, 0.3) is 0 Å². The maximum absolute atomic E-state index is 11.4. The number of ether oxygens (including phenoxy) is 1. The highest BCUT2D eigenvalue weighted by Crippen LogP contribution is 2.19. The van der Waals surface area contributed by atoms with Crippen molar-refractivity contribution < 1.29 is 9.53 Å². The minimum atomic E-state index is 0.151. The lowest BCUT2D eigenvalue weighted by atomic mass is 10.2. The van der Waals surface area contributed by atoms with Gasteiger partial charge in [-0.1, -0.05) is 18.2 Å². The number of para-hydroxylation sites is 1. The molecular formula is C14H19NO2S. The third-order valence-corrected chi connectivity index (χ3v) is 3.68. The van der Waals surface area contributed by atoms with Gasteiger partial charge in [0, 0.05) is 11.8 Å². The van der Waals surface area contributed by atoms with Crippen molar-refractivity contribution in [3.05, 3.63) is 29.8 Å². The van der Waals surface area contributed by atoms with Gasteiger partial charge in [0.05, 0.1) is 12.4 Å². The normalized spacial score (nSPS) is 14.3. The lowest BCUT2D eigenvalue weighted by molar-refractivity contribution is -0.118. The first kappa shape index (κ1) is 13.3. The quantitative estimate of drug-likeness (QED) is 0.769. The summed E-state index contributed by atoms with van der Waals surface area (Å²) in [6.07, 6.45) is 2.29. The van der Waals surface area contributed by atoms with Crippen LogP contribution in [0.2, 0.25) is 0 Å². The predicted molar refractivity (Wildman–Crippen MR) is 75.2 cm³/mol. The highest BCUT2D eigenvalue weighted by molar-refractivity contribution is 7.99. The maximum Gasteiger partial charge on any atom is 0.230 e. The van der Waals surface area contributed by atoms with Crippen molar-refractivity contribution in [2.75, 3.05) is 18.1 Å². The summed E-state index contributed by atoms with van der Waals surface area (Å²) in [5.41, 5.74) is 1.15. The summed E-state index contributed by atoms with van der Waals surface area (Å²) in [7, 11) is 0. The molecule has 0 saturated heterocycles. The Morgan fingerprint density at radius 3 is 2.94 bits per heavy atom. The number of benzene rings is 1. The van der Waals surface area contributed by atoms with Gasteiger partial charge in [0.15, 0.2) is 0 Å². The first-order chi connectivity index (χ1) is 8.75. The summed E-state index contributed by atoms with van der Waals surface area (Å²) in [5, 5.41) is 2.97. The molecule has 0 bridgehead atoms. The summed E-state index contributed by atoms with van der Waals surface area (Å²) in [6, 6.07) is 8.43. The fourth-order valence-corrected chi connectivity index (χ4v) is 2.21. The number of carbonyl (C=O) groups excluding carboxylic acids is 1. The molecule has 1 aromatic rings. The van der Waals surface area contributed by atoms with Crippen LogP contribution in [0, 0.1) is 6.92 Å². The number of carbonyl (C=O) groups is 1. The van der Waals surface area contributed by atoms with Gasteiger partial charge in [-0.25, -0.2) is 0 Å². The maximum atomic E-state index is 11.4. The molecule has 0 heterocycles. The molecule has 1 saturated carbocycles. The highest BCUT2D eigenvalue weighted by Gasteiger charge is 2.22. The van der Waals surface area contributed by atoms with Gasteiger partial charge < -0.3 is 10.1 Å². The fourth-order valence-electron chi connectivity index (χ4n) is 1.59. The first-order valence-corrected chi connectivity index (χ1v) is 7.47. The molecule has 0 atom stereocenters. The van der Waals surface area contributed by atoms with Crippen LogP contribution in [0.3, 0.4) is 0 Å². The Balaban J connectivity index is 1.55. The van der Waals surface area contributed by atoms with Crippen LogP contribution < -0.4 is 10.1 Å². The third kappa shape index (κ3) is 4.61. The summed E-state index contributed by atoms with van der Waals surface area (Å²) in [6.45, 7) is 2.68. The monoisotopic (exact) mass is 265 g/mol. The van der Waals surface area contributed by atoms with Crippen molar-refractivity contribution in [3.8, 4) is 5.75 Å². The SMILES string of the molecule is Cc1ccccc1OCCSCC(=O)NC1CC1. The highest BCUT2D eigenvalue weighted by atomic mass is 32.2.